The van der Waals surface area contributed by atoms with Gasteiger partial charge >= 0.3 is 6.09 Å². The minimum atomic E-state index is -0.412. The maximum absolute atomic E-state index is 12.6. The smallest absolute Gasteiger partial charge is 0.410 e. The molecule has 1 atom stereocenters. The highest BCUT2D eigenvalue weighted by Gasteiger charge is 2.29. The molecule has 27 heavy (non-hydrogen) atoms. The summed E-state index contributed by atoms with van der Waals surface area (Å²) in [4.78, 5) is 14.2. The Labute approximate surface area is 159 Å². The van der Waals surface area contributed by atoms with Crippen LogP contribution in [0.3, 0.4) is 0 Å². The van der Waals surface area contributed by atoms with Gasteiger partial charge in [-0.25, -0.2) is 4.79 Å². The summed E-state index contributed by atoms with van der Waals surface area (Å²) >= 11 is 0. The molecule has 0 aliphatic carbocycles. The standard InChI is InChI=1S/C21H25NO5/c1-25-19-11-16-8-9-22(18(13-23)10-17(16)12-20(19)26-2)21(24)27-14-15-6-4-3-5-7-15/h3-7,11-12,18,23H,8-10,13-14H2,1-2H3/t18-/m0/s1. The van der Waals surface area contributed by atoms with Crippen molar-refractivity contribution in [2.45, 2.75) is 25.5 Å². The Morgan fingerprint density at radius 3 is 2.41 bits per heavy atom. The molecule has 3 rings (SSSR count). The van der Waals surface area contributed by atoms with Gasteiger partial charge in [-0.2, -0.15) is 0 Å². The van der Waals surface area contributed by atoms with Crippen LogP contribution in [-0.2, 0) is 24.2 Å². The number of aliphatic hydroxyl groups is 1. The second-order valence-corrected chi connectivity index (χ2v) is 6.50. The summed E-state index contributed by atoms with van der Waals surface area (Å²) in [5.74, 6) is 1.31. The van der Waals surface area contributed by atoms with E-state index in [-0.39, 0.29) is 19.3 Å². The van der Waals surface area contributed by atoms with Gasteiger partial charge in [0.25, 0.3) is 0 Å². The summed E-state index contributed by atoms with van der Waals surface area (Å²) in [5, 5.41) is 9.87. The first-order valence-corrected chi connectivity index (χ1v) is 8.98. The lowest BCUT2D eigenvalue weighted by atomic mass is 9.99. The van der Waals surface area contributed by atoms with E-state index in [0.717, 1.165) is 16.7 Å². The summed E-state index contributed by atoms with van der Waals surface area (Å²) in [6.45, 7) is 0.554. The van der Waals surface area contributed by atoms with Gasteiger partial charge in [0.15, 0.2) is 11.5 Å². The number of methoxy groups -OCH3 is 2. The van der Waals surface area contributed by atoms with Crippen LogP contribution < -0.4 is 9.47 Å². The quantitative estimate of drug-likeness (QED) is 0.875. The molecule has 1 N–H and O–H groups in total. The fourth-order valence-corrected chi connectivity index (χ4v) is 3.38. The van der Waals surface area contributed by atoms with Gasteiger partial charge in [-0.15, -0.1) is 0 Å². The van der Waals surface area contributed by atoms with E-state index in [0.29, 0.717) is 30.9 Å². The molecule has 0 saturated carbocycles. The zero-order valence-electron chi connectivity index (χ0n) is 15.7. The Hall–Kier alpha value is -2.73. The van der Waals surface area contributed by atoms with Crippen molar-refractivity contribution in [2.75, 3.05) is 27.4 Å². The lowest BCUT2D eigenvalue weighted by molar-refractivity contribution is 0.0664. The third-order valence-electron chi connectivity index (χ3n) is 4.87. The molecular formula is C21H25NO5. The third kappa shape index (κ3) is 4.34. The van der Waals surface area contributed by atoms with Crippen LogP contribution in [0.1, 0.15) is 16.7 Å². The monoisotopic (exact) mass is 371 g/mol. The van der Waals surface area contributed by atoms with Crippen molar-refractivity contribution in [3.63, 3.8) is 0 Å². The van der Waals surface area contributed by atoms with Gasteiger partial charge in [-0.1, -0.05) is 30.3 Å². The Bertz CT molecular complexity index is 778. The average molecular weight is 371 g/mol. The van der Waals surface area contributed by atoms with Crippen LogP contribution in [0.25, 0.3) is 0 Å². The van der Waals surface area contributed by atoms with E-state index in [1.54, 1.807) is 19.1 Å². The normalized spacial score (nSPS) is 16.3. The third-order valence-corrected chi connectivity index (χ3v) is 4.87. The van der Waals surface area contributed by atoms with Crippen LogP contribution in [0, 0.1) is 0 Å². The predicted octanol–water partition coefficient (Wildman–Crippen LogP) is 2.80. The molecule has 0 radical (unpaired) electrons. The van der Waals surface area contributed by atoms with E-state index in [2.05, 4.69) is 0 Å². The molecule has 1 aliphatic rings. The lowest BCUT2D eigenvalue weighted by Crippen LogP contribution is -2.43. The molecule has 2 aromatic carbocycles. The molecule has 144 valence electrons. The maximum atomic E-state index is 12.6. The Balaban J connectivity index is 1.75. The number of carbonyl (C=O) groups is 1. The van der Waals surface area contributed by atoms with Crippen LogP contribution in [0.2, 0.25) is 0 Å². The zero-order chi connectivity index (χ0) is 19.2. The average Bonchev–Trinajstić information content (AvgIpc) is 2.90. The number of ether oxygens (including phenoxy) is 3. The number of carbonyl (C=O) groups excluding carboxylic acids is 1. The largest absolute Gasteiger partial charge is 0.493 e. The maximum Gasteiger partial charge on any atom is 0.410 e. The molecule has 1 amide bonds. The number of aliphatic hydroxyl groups excluding tert-OH is 1. The topological polar surface area (TPSA) is 68.2 Å². The van der Waals surface area contributed by atoms with Crippen LogP contribution in [0.5, 0.6) is 11.5 Å². The number of nitrogens with zero attached hydrogens (tertiary/aromatic N) is 1. The molecule has 0 saturated heterocycles. The van der Waals surface area contributed by atoms with Gasteiger partial charge in [-0.3, -0.25) is 0 Å². The van der Waals surface area contributed by atoms with Gasteiger partial charge in [0.1, 0.15) is 6.61 Å². The second-order valence-electron chi connectivity index (χ2n) is 6.50. The summed E-state index contributed by atoms with van der Waals surface area (Å²) in [7, 11) is 3.20. The van der Waals surface area contributed by atoms with Gasteiger partial charge in [0, 0.05) is 6.54 Å². The molecule has 6 heteroatoms. The van der Waals surface area contributed by atoms with Crippen molar-refractivity contribution in [1.82, 2.24) is 4.90 Å². The number of hydrogen-bond donors (Lipinski definition) is 1. The van der Waals surface area contributed by atoms with Gasteiger partial charge in [-0.05, 0) is 41.7 Å². The van der Waals surface area contributed by atoms with Crippen molar-refractivity contribution in [2.24, 2.45) is 0 Å². The molecule has 0 aromatic heterocycles. The van der Waals surface area contributed by atoms with Crippen LogP contribution in [-0.4, -0.2) is 49.5 Å². The first kappa shape index (κ1) is 19.0. The highest BCUT2D eigenvalue weighted by Crippen LogP contribution is 2.33. The highest BCUT2D eigenvalue weighted by atomic mass is 16.6. The number of amides is 1. The Morgan fingerprint density at radius 1 is 1.11 bits per heavy atom. The van der Waals surface area contributed by atoms with Crippen LogP contribution in [0.4, 0.5) is 4.79 Å². The molecule has 1 heterocycles. The Kier molecular flexibility index (Phi) is 6.19. The molecule has 0 spiro atoms. The number of hydrogen-bond acceptors (Lipinski definition) is 5. The van der Waals surface area contributed by atoms with Gasteiger partial charge in [0.2, 0.25) is 0 Å². The van der Waals surface area contributed by atoms with Crippen molar-refractivity contribution in [3.8, 4) is 11.5 Å². The zero-order valence-corrected chi connectivity index (χ0v) is 15.7. The van der Waals surface area contributed by atoms with Crippen molar-refractivity contribution in [3.05, 3.63) is 59.2 Å². The van der Waals surface area contributed by atoms with E-state index in [1.807, 2.05) is 42.5 Å². The Morgan fingerprint density at radius 2 is 1.78 bits per heavy atom. The number of fused-ring (bicyclic) bond motifs is 1. The first-order valence-electron chi connectivity index (χ1n) is 8.98. The highest BCUT2D eigenvalue weighted by molar-refractivity contribution is 5.68. The molecule has 0 fully saturated rings. The molecule has 2 aromatic rings. The number of benzene rings is 2. The van der Waals surface area contributed by atoms with Crippen molar-refractivity contribution < 1.29 is 24.1 Å². The molecule has 0 bridgehead atoms. The number of rotatable bonds is 5. The summed E-state index contributed by atoms with van der Waals surface area (Å²) in [5.41, 5.74) is 3.06. The minimum Gasteiger partial charge on any atom is -0.493 e. The predicted molar refractivity (Wildman–Crippen MR) is 101 cm³/mol. The van der Waals surface area contributed by atoms with Crippen LogP contribution in [0.15, 0.2) is 42.5 Å². The van der Waals surface area contributed by atoms with E-state index in [4.69, 9.17) is 14.2 Å². The van der Waals surface area contributed by atoms with Crippen LogP contribution >= 0.6 is 0 Å². The van der Waals surface area contributed by atoms with Crippen molar-refractivity contribution in [1.29, 1.82) is 0 Å². The fourth-order valence-electron chi connectivity index (χ4n) is 3.38. The summed E-state index contributed by atoms with van der Waals surface area (Å²) in [6, 6.07) is 13.1. The fraction of sp³-hybridized carbons (Fsp3) is 0.381. The molecule has 0 unspecified atom stereocenters. The molecule has 6 nitrogen and oxygen atoms in total. The van der Waals surface area contributed by atoms with E-state index < -0.39 is 6.09 Å². The van der Waals surface area contributed by atoms with E-state index >= 15 is 0 Å². The SMILES string of the molecule is COc1cc2c(cc1OC)C[C@@H](CO)N(C(=O)OCc1ccccc1)CC2. The van der Waals surface area contributed by atoms with Gasteiger partial charge in [0.05, 0.1) is 26.9 Å². The van der Waals surface area contributed by atoms with E-state index in [9.17, 15) is 9.90 Å². The summed E-state index contributed by atoms with van der Waals surface area (Å²) in [6.07, 6.45) is 0.781. The molecular weight excluding hydrogens is 346 g/mol. The van der Waals surface area contributed by atoms with Crippen molar-refractivity contribution >= 4 is 6.09 Å². The molecule has 1 aliphatic heterocycles. The van der Waals surface area contributed by atoms with E-state index in [1.165, 1.54) is 0 Å². The minimum absolute atomic E-state index is 0.131. The first-order chi connectivity index (χ1) is 13.2. The van der Waals surface area contributed by atoms with Gasteiger partial charge < -0.3 is 24.2 Å². The summed E-state index contributed by atoms with van der Waals surface area (Å²) < 4.78 is 16.2. The second kappa shape index (κ2) is 8.77. The lowest BCUT2D eigenvalue weighted by Gasteiger charge is -2.27.